The van der Waals surface area contributed by atoms with Crippen molar-refractivity contribution < 1.29 is 17.6 Å². The molecule has 2 aromatic heterocycles. The van der Waals surface area contributed by atoms with Gasteiger partial charge in [0.2, 0.25) is 5.95 Å². The van der Waals surface area contributed by atoms with Crippen molar-refractivity contribution in [3.05, 3.63) is 59.4 Å². The highest BCUT2D eigenvalue weighted by Gasteiger charge is 2.24. The summed E-state index contributed by atoms with van der Waals surface area (Å²) in [6, 6.07) is 3.32. The summed E-state index contributed by atoms with van der Waals surface area (Å²) < 4.78 is 45.9. The van der Waals surface area contributed by atoms with Crippen LogP contribution in [-0.4, -0.2) is 52.4 Å². The number of carbonyl (C=O) groups is 1. The molecule has 9 nitrogen and oxygen atoms in total. The summed E-state index contributed by atoms with van der Waals surface area (Å²) in [4.78, 5) is 23.4. The maximum absolute atomic E-state index is 14.3. The standard InChI is InChI=1S/C21H21FN6O3S2/c1-3-13-11-23-21(24-12-13)28-8-6-14(7-9-28)18-19(27-32-26-18)20(29)25-17-5-4-15(10-16(17)22)33(2,30)31/h4-6,10-12H,3,7-9H2,1-2H3,(H,25,29). The van der Waals surface area contributed by atoms with Gasteiger partial charge in [0.15, 0.2) is 15.5 Å². The molecule has 1 aliphatic heterocycles. The molecule has 0 bridgehead atoms. The maximum atomic E-state index is 14.3. The summed E-state index contributed by atoms with van der Waals surface area (Å²) >= 11 is 0.897. The van der Waals surface area contributed by atoms with E-state index in [1.807, 2.05) is 30.3 Å². The third-order valence-corrected chi connectivity index (χ3v) is 6.86. The Labute approximate surface area is 194 Å². The fraction of sp³-hybridized carbons (Fsp3) is 0.286. The van der Waals surface area contributed by atoms with Gasteiger partial charge in [-0.25, -0.2) is 22.8 Å². The maximum Gasteiger partial charge on any atom is 0.277 e. The van der Waals surface area contributed by atoms with Crippen molar-refractivity contribution in [3.63, 3.8) is 0 Å². The normalized spacial score (nSPS) is 14.2. The topological polar surface area (TPSA) is 118 Å². The number of anilines is 2. The highest BCUT2D eigenvalue weighted by atomic mass is 32.2. The van der Waals surface area contributed by atoms with Crippen LogP contribution in [0.3, 0.4) is 0 Å². The van der Waals surface area contributed by atoms with E-state index in [0.29, 0.717) is 31.2 Å². The van der Waals surface area contributed by atoms with Gasteiger partial charge in [0.05, 0.1) is 22.3 Å². The van der Waals surface area contributed by atoms with Crippen LogP contribution in [0, 0.1) is 5.82 Å². The largest absolute Gasteiger partial charge is 0.337 e. The third-order valence-electron chi connectivity index (χ3n) is 5.22. The quantitative estimate of drug-likeness (QED) is 0.563. The van der Waals surface area contributed by atoms with Gasteiger partial charge in [-0.15, -0.1) is 0 Å². The number of sulfone groups is 1. The van der Waals surface area contributed by atoms with Gasteiger partial charge in [-0.1, -0.05) is 13.0 Å². The number of rotatable bonds is 6. The van der Waals surface area contributed by atoms with E-state index >= 15 is 0 Å². The van der Waals surface area contributed by atoms with Gasteiger partial charge in [0, 0.05) is 31.7 Å². The van der Waals surface area contributed by atoms with Gasteiger partial charge < -0.3 is 10.2 Å². The smallest absolute Gasteiger partial charge is 0.277 e. The van der Waals surface area contributed by atoms with Crippen molar-refractivity contribution in [3.8, 4) is 0 Å². The predicted octanol–water partition coefficient (Wildman–Crippen LogP) is 2.98. The van der Waals surface area contributed by atoms with Gasteiger partial charge in [-0.3, -0.25) is 4.79 Å². The molecule has 4 rings (SSSR count). The van der Waals surface area contributed by atoms with Crippen molar-refractivity contribution in [2.24, 2.45) is 0 Å². The van der Waals surface area contributed by atoms with Gasteiger partial charge in [-0.05, 0) is 42.2 Å². The lowest BCUT2D eigenvalue weighted by Crippen LogP contribution is -2.30. The average Bonchev–Trinajstić information content (AvgIpc) is 3.30. The number of hydrogen-bond acceptors (Lipinski definition) is 9. The number of benzene rings is 1. The predicted molar refractivity (Wildman–Crippen MR) is 124 cm³/mol. The molecule has 1 amide bonds. The van der Waals surface area contributed by atoms with E-state index in [4.69, 9.17) is 0 Å². The van der Waals surface area contributed by atoms with E-state index in [1.165, 1.54) is 12.1 Å². The molecule has 0 unspecified atom stereocenters. The van der Waals surface area contributed by atoms with Crippen LogP contribution >= 0.6 is 11.7 Å². The summed E-state index contributed by atoms with van der Waals surface area (Å²) in [7, 11) is -3.56. The van der Waals surface area contributed by atoms with E-state index < -0.39 is 21.6 Å². The summed E-state index contributed by atoms with van der Waals surface area (Å²) in [6.45, 7) is 3.25. The molecule has 0 atom stereocenters. The highest BCUT2D eigenvalue weighted by molar-refractivity contribution is 7.90. The Morgan fingerprint density at radius 1 is 1.24 bits per heavy atom. The SMILES string of the molecule is CCc1cnc(N2CC=C(c3nsnc3C(=O)Nc3ccc(S(C)(=O)=O)cc3F)CC2)nc1. The molecule has 1 N–H and O–H groups in total. The average molecular weight is 489 g/mol. The molecule has 1 aliphatic rings. The van der Waals surface area contributed by atoms with E-state index in [-0.39, 0.29) is 16.3 Å². The Kier molecular flexibility index (Phi) is 6.47. The Morgan fingerprint density at radius 2 is 2.00 bits per heavy atom. The first-order chi connectivity index (χ1) is 15.8. The second-order valence-electron chi connectivity index (χ2n) is 7.50. The fourth-order valence-corrected chi connectivity index (χ4v) is 4.53. The lowest BCUT2D eigenvalue weighted by Gasteiger charge is -2.26. The molecule has 172 valence electrons. The lowest BCUT2D eigenvalue weighted by atomic mass is 10.0. The molecule has 0 radical (unpaired) electrons. The summed E-state index contributed by atoms with van der Waals surface area (Å²) in [5, 5.41) is 2.45. The van der Waals surface area contributed by atoms with Crippen molar-refractivity contribution in [2.45, 2.75) is 24.7 Å². The Hall–Kier alpha value is -3.25. The van der Waals surface area contributed by atoms with Crippen LogP contribution in [0.15, 0.2) is 41.6 Å². The zero-order chi connectivity index (χ0) is 23.6. The second kappa shape index (κ2) is 9.32. The highest BCUT2D eigenvalue weighted by Crippen LogP contribution is 2.27. The second-order valence-corrected chi connectivity index (χ2v) is 10.0. The monoisotopic (exact) mass is 488 g/mol. The number of carbonyl (C=O) groups excluding carboxylic acids is 1. The minimum Gasteiger partial charge on any atom is -0.337 e. The molecule has 0 spiro atoms. The number of halogens is 1. The number of hydrogen-bond donors (Lipinski definition) is 1. The minimum atomic E-state index is -3.56. The van der Waals surface area contributed by atoms with Crippen molar-refractivity contribution in [1.29, 1.82) is 0 Å². The Morgan fingerprint density at radius 3 is 2.61 bits per heavy atom. The molecule has 0 saturated carbocycles. The molecule has 0 aliphatic carbocycles. The minimum absolute atomic E-state index is 0.0924. The first kappa shape index (κ1) is 22.9. The van der Waals surface area contributed by atoms with Crippen LogP contribution in [0.5, 0.6) is 0 Å². The Bertz CT molecular complexity index is 1320. The summed E-state index contributed by atoms with van der Waals surface area (Å²) in [5.41, 5.74) is 2.34. The number of amides is 1. The molecule has 3 heterocycles. The van der Waals surface area contributed by atoms with Crippen LogP contribution in [0.1, 0.15) is 35.1 Å². The van der Waals surface area contributed by atoms with Gasteiger partial charge in [-0.2, -0.15) is 8.75 Å². The number of aryl methyl sites for hydroxylation is 1. The molecule has 33 heavy (non-hydrogen) atoms. The molecular weight excluding hydrogens is 467 g/mol. The summed E-state index contributed by atoms with van der Waals surface area (Å²) in [6.07, 6.45) is 8.06. The fourth-order valence-electron chi connectivity index (χ4n) is 3.32. The zero-order valence-electron chi connectivity index (χ0n) is 17.9. The number of nitrogens with zero attached hydrogens (tertiary/aromatic N) is 5. The molecule has 0 fully saturated rings. The summed E-state index contributed by atoms with van der Waals surface area (Å²) in [5.74, 6) is -0.825. The number of nitrogens with one attached hydrogen (secondary N) is 1. The molecule has 3 aromatic rings. The van der Waals surface area contributed by atoms with Crippen LogP contribution in [0.25, 0.3) is 5.57 Å². The van der Waals surface area contributed by atoms with Gasteiger partial charge in [0.25, 0.3) is 5.91 Å². The molecular formula is C21H21FN6O3S2. The number of aromatic nitrogens is 4. The van der Waals surface area contributed by atoms with E-state index in [1.54, 1.807) is 0 Å². The van der Waals surface area contributed by atoms with Gasteiger partial charge in [0.1, 0.15) is 11.5 Å². The van der Waals surface area contributed by atoms with E-state index in [9.17, 15) is 17.6 Å². The van der Waals surface area contributed by atoms with Crippen LogP contribution in [-0.2, 0) is 16.3 Å². The van der Waals surface area contributed by atoms with E-state index in [2.05, 4.69) is 24.0 Å². The Balaban J connectivity index is 1.49. The molecule has 1 aromatic carbocycles. The van der Waals surface area contributed by atoms with Crippen molar-refractivity contribution in [2.75, 3.05) is 29.6 Å². The first-order valence-corrected chi connectivity index (χ1v) is 12.8. The molecule has 12 heteroatoms. The van der Waals surface area contributed by atoms with E-state index in [0.717, 1.165) is 41.6 Å². The zero-order valence-corrected chi connectivity index (χ0v) is 19.6. The van der Waals surface area contributed by atoms with Crippen molar-refractivity contribution in [1.82, 2.24) is 18.7 Å². The third kappa shape index (κ3) is 5.06. The van der Waals surface area contributed by atoms with Crippen molar-refractivity contribution >= 4 is 44.7 Å². The van der Waals surface area contributed by atoms with Gasteiger partial charge >= 0.3 is 0 Å². The first-order valence-electron chi connectivity index (χ1n) is 10.1. The van der Waals surface area contributed by atoms with Crippen LogP contribution < -0.4 is 10.2 Å². The van der Waals surface area contributed by atoms with Crippen LogP contribution in [0.2, 0.25) is 0 Å². The van der Waals surface area contributed by atoms with Crippen LogP contribution in [0.4, 0.5) is 16.0 Å². The molecule has 0 saturated heterocycles. The lowest BCUT2D eigenvalue weighted by molar-refractivity contribution is 0.102.